The Kier molecular flexibility index (Phi) is 9.64. The zero-order chi connectivity index (χ0) is 18.5. The molecule has 0 spiro atoms. The van der Waals surface area contributed by atoms with Gasteiger partial charge < -0.3 is 5.11 Å². The minimum atomic E-state index is -2.68. The minimum Gasteiger partial charge on any atom is -0.481 e. The van der Waals surface area contributed by atoms with Gasteiger partial charge in [0.1, 0.15) is 4.83 Å². The lowest BCUT2D eigenvalue weighted by molar-refractivity contribution is -0.137. The van der Waals surface area contributed by atoms with E-state index >= 15 is 0 Å². The van der Waals surface area contributed by atoms with Gasteiger partial charge in [0.05, 0.1) is 10.9 Å². The monoisotopic (exact) mass is 515 g/mol. The molecule has 0 bridgehead atoms. The van der Waals surface area contributed by atoms with E-state index in [0.717, 1.165) is 35.7 Å². The van der Waals surface area contributed by atoms with Gasteiger partial charge in [-0.05, 0) is 12.2 Å². The molecule has 1 rings (SSSR count). The molecule has 4 atom stereocenters. The van der Waals surface area contributed by atoms with Crippen LogP contribution in [0, 0.1) is 0 Å². The average Bonchev–Trinajstić information content (AvgIpc) is 2.67. The van der Waals surface area contributed by atoms with Crippen molar-refractivity contribution in [2.75, 3.05) is 12.3 Å². The lowest BCUT2D eigenvalue weighted by Gasteiger charge is -2.31. The molecular formula is C12H20BrClNO4PS4. The number of hydrogen-bond acceptors (Lipinski definition) is 5. The van der Waals surface area contributed by atoms with Crippen LogP contribution in [0.25, 0.3) is 0 Å². The van der Waals surface area contributed by atoms with Crippen molar-refractivity contribution in [2.45, 2.75) is 47.8 Å². The third-order valence-electron chi connectivity index (χ3n) is 3.40. The van der Waals surface area contributed by atoms with E-state index in [1.807, 2.05) is 0 Å². The summed E-state index contributed by atoms with van der Waals surface area (Å²) in [7, 11) is -1.93. The molecule has 0 aromatic heterocycles. The number of carbonyl (C=O) groups is 2. The third kappa shape index (κ3) is 5.14. The highest BCUT2D eigenvalue weighted by Crippen LogP contribution is 2.78. The van der Waals surface area contributed by atoms with E-state index in [1.54, 1.807) is 0 Å². The van der Waals surface area contributed by atoms with Gasteiger partial charge in [-0.3, -0.25) is 13.9 Å². The topological polar surface area (TPSA) is 74.7 Å². The fourth-order valence-electron chi connectivity index (χ4n) is 2.04. The van der Waals surface area contributed by atoms with Crippen molar-refractivity contribution in [3.63, 3.8) is 0 Å². The summed E-state index contributed by atoms with van der Waals surface area (Å²) in [5.74, 6) is -0.830. The Labute approximate surface area is 172 Å². The molecule has 0 aromatic carbocycles. The van der Waals surface area contributed by atoms with Crippen molar-refractivity contribution >= 4 is 90.3 Å². The number of aliphatic carboxylic acids is 1. The number of carbonyl (C=O) groups excluding carboxylic acids is 1. The van der Waals surface area contributed by atoms with Crippen molar-refractivity contribution in [3.05, 3.63) is 0 Å². The second-order valence-corrected chi connectivity index (χ2v) is 19.7. The van der Waals surface area contributed by atoms with E-state index in [9.17, 15) is 13.8 Å². The summed E-state index contributed by atoms with van der Waals surface area (Å²) in [5, 5.41) is 8.77. The number of alkyl halides is 2. The molecular weight excluding hydrogens is 497 g/mol. The van der Waals surface area contributed by atoms with E-state index in [-0.39, 0.29) is 13.0 Å². The fraction of sp³-hybridized carbons (Fsp3) is 0.833. The Morgan fingerprint density at radius 1 is 1.58 bits per heavy atom. The quantitative estimate of drug-likeness (QED) is 0.196. The molecule has 4 unspecified atom stereocenters. The molecule has 0 saturated carbocycles. The Morgan fingerprint density at radius 2 is 2.21 bits per heavy atom. The first-order chi connectivity index (χ1) is 11.1. The summed E-state index contributed by atoms with van der Waals surface area (Å²) in [6.07, 6.45) is 3.99. The fourth-order valence-corrected chi connectivity index (χ4v) is 15.5. The van der Waals surface area contributed by atoms with Gasteiger partial charge in [0.15, 0.2) is 11.0 Å². The predicted octanol–water partition coefficient (Wildman–Crippen LogP) is 4.18. The molecule has 1 N–H and O–H groups in total. The highest BCUT2D eigenvalue weighted by molar-refractivity contribution is 9.10. The predicted molar refractivity (Wildman–Crippen MR) is 113 cm³/mol. The molecule has 1 amide bonds. The highest BCUT2D eigenvalue weighted by atomic mass is 79.9. The second-order valence-electron chi connectivity index (χ2n) is 5.22. The van der Waals surface area contributed by atoms with Crippen LogP contribution in [0.2, 0.25) is 0 Å². The molecule has 1 aliphatic heterocycles. The number of thiol groups is 1. The second kappa shape index (κ2) is 9.95. The van der Waals surface area contributed by atoms with Crippen LogP contribution >= 0.6 is 55.6 Å². The zero-order valence-corrected chi connectivity index (χ0v) is 19.6. The number of amides is 1. The molecule has 1 heterocycles. The SMILES string of the molecule is CCCCCCSP(=S)(S)C1(Cl)C(Br)C(=O)N(CCC(=O)O)S1=O. The zero-order valence-electron chi connectivity index (χ0n) is 13.0. The van der Waals surface area contributed by atoms with Crippen molar-refractivity contribution in [1.29, 1.82) is 0 Å². The Balaban J connectivity index is 2.86. The molecule has 0 aliphatic carbocycles. The third-order valence-corrected chi connectivity index (χ3v) is 19.7. The summed E-state index contributed by atoms with van der Waals surface area (Å²) >= 11 is 21.3. The van der Waals surface area contributed by atoms with Gasteiger partial charge in [-0.2, -0.15) is 0 Å². The van der Waals surface area contributed by atoms with Gasteiger partial charge in [-0.1, -0.05) is 65.5 Å². The standard InChI is InChI=1S/C12H20BrClNO4PS4/c1-2-3-4-5-8-23-20(21,22)12(14)10(13)11(18)15(24(12)19)7-6-9(16)17/h10H,2-8H2,1H3,(H,16,17)(H,21,22). The molecule has 140 valence electrons. The van der Waals surface area contributed by atoms with Gasteiger partial charge in [0, 0.05) is 6.54 Å². The first-order valence-electron chi connectivity index (χ1n) is 7.35. The van der Waals surface area contributed by atoms with Gasteiger partial charge in [-0.25, -0.2) is 4.21 Å². The first kappa shape index (κ1) is 23.2. The minimum absolute atomic E-state index is 0.165. The largest absolute Gasteiger partial charge is 0.481 e. The van der Waals surface area contributed by atoms with Crippen LogP contribution in [0.1, 0.15) is 39.0 Å². The van der Waals surface area contributed by atoms with Crippen LogP contribution in [0.3, 0.4) is 0 Å². The van der Waals surface area contributed by atoms with Crippen molar-refractivity contribution in [2.24, 2.45) is 0 Å². The Bertz CT molecular complexity index is 569. The number of unbranched alkanes of at least 4 members (excludes halogenated alkanes) is 3. The molecule has 1 aliphatic rings. The van der Waals surface area contributed by atoms with Crippen molar-refractivity contribution in [1.82, 2.24) is 4.31 Å². The van der Waals surface area contributed by atoms with E-state index in [1.165, 1.54) is 11.4 Å². The molecule has 24 heavy (non-hydrogen) atoms. The normalized spacial score (nSPS) is 29.7. The van der Waals surface area contributed by atoms with Gasteiger partial charge in [-0.15, -0.1) is 23.6 Å². The van der Waals surface area contributed by atoms with E-state index < -0.39 is 36.1 Å². The summed E-state index contributed by atoms with van der Waals surface area (Å²) in [6.45, 7) is 1.96. The van der Waals surface area contributed by atoms with E-state index in [0.29, 0.717) is 0 Å². The van der Waals surface area contributed by atoms with Crippen molar-refractivity contribution < 1.29 is 18.9 Å². The van der Waals surface area contributed by atoms with E-state index in [4.69, 9.17) is 28.5 Å². The summed E-state index contributed by atoms with van der Waals surface area (Å²) < 4.78 is 9.60. The molecule has 0 aromatic rings. The number of carboxylic acid groups (broad SMARTS) is 1. The van der Waals surface area contributed by atoms with Crippen LogP contribution in [0.4, 0.5) is 0 Å². The van der Waals surface area contributed by atoms with Crippen LogP contribution in [-0.4, -0.2) is 46.6 Å². The van der Waals surface area contributed by atoms with Crippen LogP contribution in [0.5, 0.6) is 0 Å². The van der Waals surface area contributed by atoms with Crippen LogP contribution < -0.4 is 0 Å². The number of hydrogen-bond donors (Lipinski definition) is 2. The van der Waals surface area contributed by atoms with E-state index in [2.05, 4.69) is 35.1 Å². The molecule has 0 radical (unpaired) electrons. The first-order valence-corrected chi connectivity index (χ1v) is 15.3. The highest BCUT2D eigenvalue weighted by Gasteiger charge is 2.63. The number of nitrogens with zero attached hydrogens (tertiary/aromatic N) is 1. The maximum Gasteiger partial charge on any atom is 0.305 e. The van der Waals surface area contributed by atoms with Crippen LogP contribution in [0.15, 0.2) is 0 Å². The average molecular weight is 517 g/mol. The lowest BCUT2D eigenvalue weighted by atomic mass is 10.2. The van der Waals surface area contributed by atoms with Crippen molar-refractivity contribution in [3.8, 4) is 0 Å². The summed E-state index contributed by atoms with van der Waals surface area (Å²) in [4.78, 5) is 22.1. The van der Waals surface area contributed by atoms with Crippen LogP contribution in [-0.2, 0) is 32.4 Å². The van der Waals surface area contributed by atoms with Gasteiger partial charge >= 0.3 is 5.97 Å². The molecule has 1 fully saturated rings. The smallest absolute Gasteiger partial charge is 0.305 e. The number of carboxylic acids is 1. The number of halogens is 2. The Morgan fingerprint density at radius 3 is 2.75 bits per heavy atom. The van der Waals surface area contributed by atoms with Gasteiger partial charge in [0.25, 0.3) is 5.91 Å². The lowest BCUT2D eigenvalue weighted by Crippen LogP contribution is -2.31. The maximum absolute atomic E-state index is 12.8. The summed E-state index contributed by atoms with van der Waals surface area (Å²) in [5.41, 5.74) is 0. The van der Waals surface area contributed by atoms with Gasteiger partial charge in [0.2, 0.25) is 3.95 Å². The molecule has 12 heteroatoms. The number of rotatable bonds is 10. The molecule has 1 saturated heterocycles. The Hall–Kier alpha value is 1.21. The summed E-state index contributed by atoms with van der Waals surface area (Å²) in [6, 6.07) is 0. The molecule has 5 nitrogen and oxygen atoms in total. The maximum atomic E-state index is 12.8.